The van der Waals surface area contributed by atoms with Crippen molar-refractivity contribution in [1.29, 1.82) is 0 Å². The fraction of sp³-hybridized carbons (Fsp3) is 0.333. The van der Waals surface area contributed by atoms with Crippen molar-refractivity contribution in [2.45, 2.75) is 12.8 Å². The van der Waals surface area contributed by atoms with Crippen LogP contribution in [0.2, 0.25) is 0 Å². The summed E-state index contributed by atoms with van der Waals surface area (Å²) in [7, 11) is 1.62. The summed E-state index contributed by atoms with van der Waals surface area (Å²) in [4.78, 5) is 18.8. The van der Waals surface area contributed by atoms with Crippen LogP contribution in [0.15, 0.2) is 52.9 Å². The molecule has 3 aromatic rings. The Morgan fingerprint density at radius 1 is 1.18 bits per heavy atom. The molecule has 0 atom stereocenters. The number of aromatic nitrogens is 1. The van der Waals surface area contributed by atoms with Crippen LogP contribution in [0.5, 0.6) is 5.75 Å². The molecule has 1 aliphatic rings. The van der Waals surface area contributed by atoms with Gasteiger partial charge in [-0.3, -0.25) is 0 Å². The summed E-state index contributed by atoms with van der Waals surface area (Å²) in [5, 5.41) is 5.81. The molecule has 2 heterocycles. The van der Waals surface area contributed by atoms with Crippen LogP contribution in [0.1, 0.15) is 12.8 Å². The number of anilines is 2. The zero-order valence-electron chi connectivity index (χ0n) is 15.9. The first-order valence-corrected chi connectivity index (χ1v) is 9.51. The van der Waals surface area contributed by atoms with Crippen LogP contribution < -0.4 is 20.3 Å². The van der Waals surface area contributed by atoms with Gasteiger partial charge < -0.3 is 24.7 Å². The maximum Gasteiger partial charge on any atom is 0.319 e. The third-order valence-corrected chi connectivity index (χ3v) is 5.07. The Balaban J connectivity index is 1.23. The monoisotopic (exact) mass is 380 g/mol. The molecular formula is C21H24N4O3. The fourth-order valence-electron chi connectivity index (χ4n) is 3.41. The number of rotatable bonds is 5. The molecule has 0 spiro atoms. The molecule has 1 aliphatic heterocycles. The number of oxazole rings is 1. The van der Waals surface area contributed by atoms with E-state index in [1.807, 2.05) is 48.5 Å². The number of fused-ring (bicyclic) bond motifs is 1. The molecule has 0 aliphatic carbocycles. The number of methoxy groups -OCH3 is 1. The van der Waals surface area contributed by atoms with Gasteiger partial charge in [-0.05, 0) is 55.2 Å². The molecule has 2 N–H and O–H groups in total. The van der Waals surface area contributed by atoms with E-state index in [0.29, 0.717) is 18.5 Å². The van der Waals surface area contributed by atoms with Crippen LogP contribution in [0, 0.1) is 5.92 Å². The van der Waals surface area contributed by atoms with E-state index >= 15 is 0 Å². The number of carbonyl (C=O) groups excluding carboxylic acids is 1. The lowest BCUT2D eigenvalue weighted by Gasteiger charge is -2.30. The summed E-state index contributed by atoms with van der Waals surface area (Å²) in [5.74, 6) is 1.21. The Kier molecular flexibility index (Phi) is 5.32. The van der Waals surface area contributed by atoms with E-state index in [-0.39, 0.29) is 6.03 Å². The van der Waals surface area contributed by atoms with Gasteiger partial charge in [0.1, 0.15) is 11.3 Å². The van der Waals surface area contributed by atoms with Crippen molar-refractivity contribution in [3.8, 4) is 5.75 Å². The minimum atomic E-state index is -0.188. The second-order valence-electron chi connectivity index (χ2n) is 6.96. The highest BCUT2D eigenvalue weighted by molar-refractivity contribution is 5.89. The fourth-order valence-corrected chi connectivity index (χ4v) is 3.41. The number of amides is 2. The second-order valence-corrected chi connectivity index (χ2v) is 6.96. The summed E-state index contributed by atoms with van der Waals surface area (Å²) in [6.07, 6.45) is 1.98. The maximum atomic E-state index is 12.1. The number of nitrogens with zero attached hydrogens (tertiary/aromatic N) is 2. The summed E-state index contributed by atoms with van der Waals surface area (Å²) < 4.78 is 11.0. The molecule has 0 unspecified atom stereocenters. The summed E-state index contributed by atoms with van der Waals surface area (Å²) in [5.41, 5.74) is 2.44. The normalized spacial score (nSPS) is 14.8. The molecule has 28 heavy (non-hydrogen) atoms. The topological polar surface area (TPSA) is 79.6 Å². The van der Waals surface area contributed by atoms with Crippen LogP contribution >= 0.6 is 0 Å². The van der Waals surface area contributed by atoms with Gasteiger partial charge in [0, 0.05) is 25.3 Å². The average molecular weight is 380 g/mol. The molecular weight excluding hydrogens is 356 g/mol. The largest absolute Gasteiger partial charge is 0.497 e. The molecule has 0 saturated carbocycles. The van der Waals surface area contributed by atoms with Crippen LogP contribution in [-0.2, 0) is 0 Å². The van der Waals surface area contributed by atoms with Crippen molar-refractivity contribution < 1.29 is 13.9 Å². The molecule has 7 nitrogen and oxygen atoms in total. The highest BCUT2D eigenvalue weighted by Gasteiger charge is 2.23. The quantitative estimate of drug-likeness (QED) is 0.702. The second kappa shape index (κ2) is 8.21. The van der Waals surface area contributed by atoms with Gasteiger partial charge >= 0.3 is 6.03 Å². The van der Waals surface area contributed by atoms with Crippen molar-refractivity contribution in [2.24, 2.45) is 5.92 Å². The van der Waals surface area contributed by atoms with Crippen molar-refractivity contribution in [1.82, 2.24) is 10.3 Å². The van der Waals surface area contributed by atoms with Crippen molar-refractivity contribution >= 4 is 28.8 Å². The third-order valence-electron chi connectivity index (χ3n) is 5.07. The molecule has 4 rings (SSSR count). The Morgan fingerprint density at radius 3 is 2.64 bits per heavy atom. The van der Waals surface area contributed by atoms with Crippen molar-refractivity contribution in [3.63, 3.8) is 0 Å². The molecule has 146 valence electrons. The van der Waals surface area contributed by atoms with Crippen LogP contribution in [-0.4, -0.2) is 37.8 Å². The lowest BCUT2D eigenvalue weighted by Crippen LogP contribution is -2.39. The van der Waals surface area contributed by atoms with E-state index in [0.717, 1.165) is 48.5 Å². The first-order chi connectivity index (χ1) is 13.7. The van der Waals surface area contributed by atoms with Gasteiger partial charge in [0.15, 0.2) is 5.58 Å². The number of piperidine rings is 1. The van der Waals surface area contributed by atoms with Gasteiger partial charge in [-0.25, -0.2) is 4.79 Å². The molecule has 0 bridgehead atoms. The number of nitrogens with one attached hydrogen (secondary N) is 2. The minimum Gasteiger partial charge on any atom is -0.497 e. The lowest BCUT2D eigenvalue weighted by molar-refractivity contribution is 0.248. The number of para-hydroxylation sites is 2. The Labute approximate surface area is 163 Å². The zero-order chi connectivity index (χ0) is 19.3. The SMILES string of the molecule is COc1ccc(NC(=O)NCC2CCN(c3nc4ccccc4o3)CC2)cc1. The van der Waals surface area contributed by atoms with E-state index in [4.69, 9.17) is 9.15 Å². The summed E-state index contributed by atoms with van der Waals surface area (Å²) >= 11 is 0. The highest BCUT2D eigenvalue weighted by atomic mass is 16.5. The highest BCUT2D eigenvalue weighted by Crippen LogP contribution is 2.26. The molecule has 1 aromatic heterocycles. The van der Waals surface area contributed by atoms with Crippen molar-refractivity contribution in [2.75, 3.05) is 37.0 Å². The van der Waals surface area contributed by atoms with Gasteiger partial charge in [0.25, 0.3) is 6.01 Å². The zero-order valence-corrected chi connectivity index (χ0v) is 15.9. The molecule has 2 amide bonds. The number of hydrogen-bond acceptors (Lipinski definition) is 5. The van der Waals surface area contributed by atoms with Gasteiger partial charge in [0.05, 0.1) is 7.11 Å². The molecule has 1 saturated heterocycles. The third kappa shape index (κ3) is 4.19. The standard InChI is InChI=1S/C21H24N4O3/c1-27-17-8-6-16(7-9-17)23-20(26)22-14-15-10-12-25(13-11-15)21-24-18-4-2-3-5-19(18)28-21/h2-9,15H,10-14H2,1H3,(H2,22,23,26). The van der Waals surface area contributed by atoms with Gasteiger partial charge in [-0.1, -0.05) is 12.1 Å². The molecule has 2 aromatic carbocycles. The summed E-state index contributed by atoms with van der Waals surface area (Å²) in [6.45, 7) is 2.40. The lowest BCUT2D eigenvalue weighted by atomic mass is 9.97. The first kappa shape index (κ1) is 18.2. The number of benzene rings is 2. The number of carbonyl (C=O) groups is 1. The number of ether oxygens (including phenoxy) is 1. The Hall–Kier alpha value is -3.22. The summed E-state index contributed by atoms with van der Waals surface area (Å²) in [6, 6.07) is 15.6. The van der Waals surface area contributed by atoms with Gasteiger partial charge in [-0.15, -0.1) is 0 Å². The van der Waals surface area contributed by atoms with Crippen LogP contribution in [0.4, 0.5) is 16.5 Å². The van der Waals surface area contributed by atoms with E-state index < -0.39 is 0 Å². The Bertz CT molecular complexity index is 897. The average Bonchev–Trinajstić information content (AvgIpc) is 3.17. The molecule has 0 radical (unpaired) electrons. The van der Waals surface area contributed by atoms with E-state index in [1.165, 1.54) is 0 Å². The maximum absolute atomic E-state index is 12.1. The smallest absolute Gasteiger partial charge is 0.319 e. The predicted octanol–water partition coefficient (Wildman–Crippen LogP) is 3.87. The van der Waals surface area contributed by atoms with E-state index in [1.54, 1.807) is 7.11 Å². The van der Waals surface area contributed by atoms with Crippen LogP contribution in [0.3, 0.4) is 0 Å². The van der Waals surface area contributed by atoms with Crippen molar-refractivity contribution in [3.05, 3.63) is 48.5 Å². The predicted molar refractivity (Wildman–Crippen MR) is 109 cm³/mol. The van der Waals surface area contributed by atoms with Crippen LogP contribution in [0.25, 0.3) is 11.1 Å². The number of hydrogen-bond donors (Lipinski definition) is 2. The first-order valence-electron chi connectivity index (χ1n) is 9.51. The Morgan fingerprint density at radius 2 is 1.93 bits per heavy atom. The van der Waals surface area contributed by atoms with Gasteiger partial charge in [0.2, 0.25) is 0 Å². The molecule has 7 heteroatoms. The van der Waals surface area contributed by atoms with E-state index in [2.05, 4.69) is 20.5 Å². The minimum absolute atomic E-state index is 0.188. The van der Waals surface area contributed by atoms with Gasteiger partial charge in [-0.2, -0.15) is 4.98 Å². The number of urea groups is 1. The van der Waals surface area contributed by atoms with E-state index in [9.17, 15) is 4.79 Å². The molecule has 1 fully saturated rings.